The summed E-state index contributed by atoms with van der Waals surface area (Å²) >= 11 is 3.52. The minimum atomic E-state index is 0.128. The van der Waals surface area contributed by atoms with Gasteiger partial charge < -0.3 is 9.47 Å². The zero-order chi connectivity index (χ0) is 13.3. The van der Waals surface area contributed by atoms with Crippen molar-refractivity contribution in [3.05, 3.63) is 28.2 Å². The van der Waals surface area contributed by atoms with Crippen molar-refractivity contribution in [3.63, 3.8) is 0 Å². The zero-order valence-electron chi connectivity index (χ0n) is 11.5. The SMILES string of the molecule is Cc1ccc(Br)cc1OC1CCOC2(CCCC2)C1. The fourth-order valence-electron chi connectivity index (χ4n) is 3.33. The van der Waals surface area contributed by atoms with E-state index in [-0.39, 0.29) is 5.60 Å². The molecule has 2 nitrogen and oxygen atoms in total. The number of halogens is 1. The van der Waals surface area contributed by atoms with Gasteiger partial charge in [0, 0.05) is 17.3 Å². The van der Waals surface area contributed by atoms with E-state index >= 15 is 0 Å². The molecule has 1 aromatic carbocycles. The first-order chi connectivity index (χ1) is 9.17. The third-order valence-corrected chi connectivity index (χ3v) is 4.90. The molecular weight excluding hydrogens is 304 g/mol. The summed E-state index contributed by atoms with van der Waals surface area (Å²) in [6.45, 7) is 2.95. The molecule has 3 rings (SSSR count). The molecule has 0 radical (unpaired) electrons. The maximum Gasteiger partial charge on any atom is 0.123 e. The van der Waals surface area contributed by atoms with Gasteiger partial charge in [0.1, 0.15) is 11.9 Å². The van der Waals surface area contributed by atoms with Crippen LogP contribution in [-0.4, -0.2) is 18.3 Å². The summed E-state index contributed by atoms with van der Waals surface area (Å²) in [5, 5.41) is 0. The number of ether oxygens (including phenoxy) is 2. The van der Waals surface area contributed by atoms with Crippen LogP contribution in [0.4, 0.5) is 0 Å². The third-order valence-electron chi connectivity index (χ3n) is 4.41. The number of aryl methyl sites for hydroxylation is 1. The Morgan fingerprint density at radius 2 is 2.11 bits per heavy atom. The van der Waals surface area contributed by atoms with Gasteiger partial charge in [-0.2, -0.15) is 0 Å². The molecule has 1 saturated carbocycles. The van der Waals surface area contributed by atoms with Gasteiger partial charge in [0.15, 0.2) is 0 Å². The molecule has 1 saturated heterocycles. The minimum Gasteiger partial charge on any atom is -0.490 e. The average molecular weight is 325 g/mol. The molecule has 104 valence electrons. The van der Waals surface area contributed by atoms with Crippen molar-refractivity contribution in [1.82, 2.24) is 0 Å². The maximum atomic E-state index is 6.24. The molecule has 2 fully saturated rings. The van der Waals surface area contributed by atoms with E-state index in [0.717, 1.165) is 29.7 Å². The molecule has 0 amide bonds. The normalized spacial score (nSPS) is 25.7. The topological polar surface area (TPSA) is 18.5 Å². The van der Waals surface area contributed by atoms with E-state index in [9.17, 15) is 0 Å². The van der Waals surface area contributed by atoms with Gasteiger partial charge in [-0.25, -0.2) is 0 Å². The minimum absolute atomic E-state index is 0.128. The molecule has 1 aromatic rings. The van der Waals surface area contributed by atoms with E-state index in [0.29, 0.717) is 6.10 Å². The van der Waals surface area contributed by atoms with E-state index < -0.39 is 0 Å². The second-order valence-electron chi connectivity index (χ2n) is 5.88. The molecule has 0 bridgehead atoms. The van der Waals surface area contributed by atoms with Crippen molar-refractivity contribution >= 4 is 15.9 Å². The van der Waals surface area contributed by atoms with Crippen molar-refractivity contribution in [2.24, 2.45) is 0 Å². The van der Waals surface area contributed by atoms with E-state index in [1.165, 1.54) is 31.2 Å². The van der Waals surface area contributed by atoms with Gasteiger partial charge in [-0.1, -0.05) is 34.8 Å². The molecule has 0 N–H and O–H groups in total. The van der Waals surface area contributed by atoms with Gasteiger partial charge in [0.05, 0.1) is 12.2 Å². The van der Waals surface area contributed by atoms with Gasteiger partial charge >= 0.3 is 0 Å². The van der Waals surface area contributed by atoms with Gasteiger partial charge in [-0.05, 0) is 37.5 Å². The molecule has 0 aromatic heterocycles. The number of hydrogen-bond donors (Lipinski definition) is 0. The van der Waals surface area contributed by atoms with Crippen LogP contribution in [0.3, 0.4) is 0 Å². The molecule has 1 aliphatic carbocycles. The summed E-state index contributed by atoms with van der Waals surface area (Å²) in [4.78, 5) is 0. The first kappa shape index (κ1) is 13.4. The summed E-state index contributed by atoms with van der Waals surface area (Å²) in [5.41, 5.74) is 1.33. The second-order valence-corrected chi connectivity index (χ2v) is 6.80. The van der Waals surface area contributed by atoms with Crippen LogP contribution in [0.1, 0.15) is 44.1 Å². The van der Waals surface area contributed by atoms with Crippen LogP contribution in [0.5, 0.6) is 5.75 Å². The Hall–Kier alpha value is -0.540. The Morgan fingerprint density at radius 1 is 1.32 bits per heavy atom. The monoisotopic (exact) mass is 324 g/mol. The van der Waals surface area contributed by atoms with Crippen molar-refractivity contribution in [1.29, 1.82) is 0 Å². The first-order valence-electron chi connectivity index (χ1n) is 7.24. The molecule has 2 aliphatic rings. The molecule has 1 unspecified atom stereocenters. The standard InChI is InChI=1S/C16H21BrO2/c1-12-4-5-13(17)10-15(12)19-14-6-9-18-16(11-14)7-2-3-8-16/h4-5,10,14H,2-3,6-9,11H2,1H3. The first-order valence-corrected chi connectivity index (χ1v) is 8.03. The molecule has 1 aliphatic heterocycles. The van der Waals surface area contributed by atoms with Crippen molar-refractivity contribution in [3.8, 4) is 5.75 Å². The van der Waals surface area contributed by atoms with Crippen molar-refractivity contribution in [2.45, 2.75) is 57.2 Å². The average Bonchev–Trinajstić information content (AvgIpc) is 2.82. The van der Waals surface area contributed by atoms with E-state index in [4.69, 9.17) is 9.47 Å². The maximum absolute atomic E-state index is 6.24. The van der Waals surface area contributed by atoms with Crippen LogP contribution in [-0.2, 0) is 4.74 Å². The lowest BCUT2D eigenvalue weighted by Gasteiger charge is -2.38. The molecule has 1 heterocycles. The van der Waals surface area contributed by atoms with Gasteiger partial charge in [0.2, 0.25) is 0 Å². The smallest absolute Gasteiger partial charge is 0.123 e. The number of hydrogen-bond acceptors (Lipinski definition) is 2. The highest BCUT2D eigenvalue weighted by molar-refractivity contribution is 9.10. The lowest BCUT2D eigenvalue weighted by Crippen LogP contribution is -2.41. The summed E-state index contributed by atoms with van der Waals surface area (Å²) in [7, 11) is 0. The Bertz CT molecular complexity index is 452. The highest BCUT2D eigenvalue weighted by Crippen LogP contribution is 2.41. The van der Waals surface area contributed by atoms with E-state index in [1.807, 2.05) is 0 Å². The van der Waals surface area contributed by atoms with E-state index in [1.54, 1.807) is 0 Å². The van der Waals surface area contributed by atoms with Crippen LogP contribution in [0.25, 0.3) is 0 Å². The predicted octanol–water partition coefficient (Wildman–Crippen LogP) is 4.63. The summed E-state index contributed by atoms with van der Waals surface area (Å²) < 4.78 is 13.4. The molecule has 19 heavy (non-hydrogen) atoms. The fraction of sp³-hybridized carbons (Fsp3) is 0.625. The Balaban J connectivity index is 1.70. The number of benzene rings is 1. The second kappa shape index (κ2) is 5.45. The van der Waals surface area contributed by atoms with Crippen molar-refractivity contribution in [2.75, 3.05) is 6.61 Å². The molecule has 3 heteroatoms. The summed E-state index contributed by atoms with van der Waals surface area (Å²) in [6, 6.07) is 6.24. The number of rotatable bonds is 2. The Labute approximate surface area is 123 Å². The largest absolute Gasteiger partial charge is 0.490 e. The zero-order valence-corrected chi connectivity index (χ0v) is 13.0. The predicted molar refractivity (Wildman–Crippen MR) is 79.7 cm³/mol. The highest BCUT2D eigenvalue weighted by Gasteiger charge is 2.40. The summed E-state index contributed by atoms with van der Waals surface area (Å²) in [6.07, 6.45) is 7.41. The molecule has 1 atom stereocenters. The quantitative estimate of drug-likeness (QED) is 0.789. The fourth-order valence-corrected chi connectivity index (χ4v) is 3.67. The molecular formula is C16H21BrO2. The van der Waals surface area contributed by atoms with Gasteiger partial charge in [0.25, 0.3) is 0 Å². The lowest BCUT2D eigenvalue weighted by molar-refractivity contribution is -0.108. The van der Waals surface area contributed by atoms with Crippen LogP contribution in [0, 0.1) is 6.92 Å². The van der Waals surface area contributed by atoms with Gasteiger partial charge in [-0.15, -0.1) is 0 Å². The third kappa shape index (κ3) is 2.97. The Kier molecular flexibility index (Phi) is 3.86. The van der Waals surface area contributed by atoms with Crippen molar-refractivity contribution < 1.29 is 9.47 Å². The highest BCUT2D eigenvalue weighted by atomic mass is 79.9. The van der Waals surface area contributed by atoms with Crippen LogP contribution >= 0.6 is 15.9 Å². The van der Waals surface area contributed by atoms with Gasteiger partial charge in [-0.3, -0.25) is 0 Å². The molecule has 1 spiro atoms. The van der Waals surface area contributed by atoms with Crippen LogP contribution < -0.4 is 4.74 Å². The van der Waals surface area contributed by atoms with E-state index in [2.05, 4.69) is 41.1 Å². The lowest BCUT2D eigenvalue weighted by atomic mass is 9.90. The van der Waals surface area contributed by atoms with Crippen LogP contribution in [0.2, 0.25) is 0 Å². The van der Waals surface area contributed by atoms with Crippen LogP contribution in [0.15, 0.2) is 22.7 Å². The Morgan fingerprint density at radius 3 is 2.89 bits per heavy atom. The summed E-state index contributed by atoms with van der Waals surface area (Å²) in [5.74, 6) is 1.01.